The summed E-state index contributed by atoms with van der Waals surface area (Å²) in [6.07, 6.45) is 21.6. The predicted molar refractivity (Wildman–Crippen MR) is 396 cm³/mol. The van der Waals surface area contributed by atoms with Gasteiger partial charge in [-0.2, -0.15) is 0 Å². The predicted octanol–water partition coefficient (Wildman–Crippen LogP) is 1.15. The molecular formula is C72H126N18O13. The lowest BCUT2D eigenvalue weighted by Gasteiger charge is -2.26. The van der Waals surface area contributed by atoms with E-state index in [9.17, 15) is 62.3 Å². The first kappa shape index (κ1) is 90.8. The first-order valence-electron chi connectivity index (χ1n) is 37.4. The minimum Gasteiger partial charge on any atom is -0.368 e. The Kier molecular flexibility index (Phi) is 45.7. The van der Waals surface area contributed by atoms with Gasteiger partial charge in [-0.1, -0.05) is 102 Å². The molecule has 0 spiro atoms. The molecule has 23 N–H and O–H groups in total. The Morgan fingerprint density at radius 2 is 0.612 bits per heavy atom. The van der Waals surface area contributed by atoms with Crippen molar-refractivity contribution >= 4 is 87.7 Å². The van der Waals surface area contributed by atoms with Crippen LogP contribution in [0.4, 0.5) is 0 Å². The number of para-hydroxylation sites is 1. The number of unbranched alkanes of at least 4 members (excludes halogenated alkanes) is 16. The van der Waals surface area contributed by atoms with E-state index in [0.717, 1.165) is 30.2 Å². The minimum absolute atomic E-state index is 0.0455. The van der Waals surface area contributed by atoms with Crippen molar-refractivity contribution in [3.8, 4) is 0 Å². The van der Waals surface area contributed by atoms with E-state index in [1.165, 1.54) is 106 Å². The number of carbonyl (C=O) groups is 13. The van der Waals surface area contributed by atoms with Gasteiger partial charge in [-0.15, -0.1) is 0 Å². The van der Waals surface area contributed by atoms with E-state index in [0.29, 0.717) is 82.9 Å². The van der Waals surface area contributed by atoms with Gasteiger partial charge >= 0.3 is 0 Å². The van der Waals surface area contributed by atoms with Gasteiger partial charge in [0.2, 0.25) is 76.8 Å². The fraction of sp³-hybridized carbons (Fsp3) is 0.708. The van der Waals surface area contributed by atoms with Crippen LogP contribution in [0.3, 0.4) is 0 Å². The molecule has 0 saturated heterocycles. The second-order valence-corrected chi connectivity index (χ2v) is 27.1. The molecule has 2 rings (SSSR count). The molecule has 1 heterocycles. The molecule has 31 heteroatoms. The van der Waals surface area contributed by atoms with Gasteiger partial charge in [-0.25, -0.2) is 0 Å². The largest absolute Gasteiger partial charge is 0.368 e. The average molecular weight is 1450 g/mol. The van der Waals surface area contributed by atoms with Crippen LogP contribution in [0, 0.1) is 0 Å². The second-order valence-electron chi connectivity index (χ2n) is 27.1. The Morgan fingerprint density at radius 3 is 0.971 bits per heavy atom. The van der Waals surface area contributed by atoms with Crippen LogP contribution in [-0.4, -0.2) is 180 Å². The zero-order valence-corrected chi connectivity index (χ0v) is 62.4. The minimum atomic E-state index is -1.38. The fourth-order valence-electron chi connectivity index (χ4n) is 11.3. The summed E-state index contributed by atoms with van der Waals surface area (Å²) in [6, 6.07) is -7.19. The summed E-state index contributed by atoms with van der Waals surface area (Å²) >= 11 is 0. The highest BCUT2D eigenvalue weighted by Gasteiger charge is 2.34. The zero-order chi connectivity index (χ0) is 76.8. The lowest BCUT2D eigenvalue weighted by molar-refractivity contribution is -0.135. The number of fused-ring (bicyclic) bond motifs is 1. The van der Waals surface area contributed by atoms with Gasteiger partial charge in [0.1, 0.15) is 72.5 Å². The topological polar surface area (TPSA) is 512 Å². The standard InChI is InChI=1S/C72H126N18O13/c1-9-10-11-12-13-14-15-16-17-18-19-20-21-38-60(91)86-56(35-25-29-40-74)69(100)83-46(3)63(94)79-45(2)62(93)81-51(8)68(99)89-58(37-27-31-42-76)71(102)90-59(43-52-44-78-54-33-23-22-32-53(52)54)72(103)85-48(5)65(96)82-50(7)67(98)88-57(36-26-30-41-75)70(101)84-47(4)64(95)80-49(6)66(97)87-55(61(77)92)34-24-28-39-73/h22-23,32-33,44-51,55-59,78H,9-21,24-31,34-43,73-76H2,1-8H3,(H2,77,92)(H,79,94)(H,80,95)(H,81,93)(H,82,96)(H,83,100)(H,84,101)(H,85,103)(H,86,91)(H,87,97)(H,88,98)(H,89,99)(H,90,102)/t45-,46+,47-,48+,49+,50-,51-,55+,56+,57+,58+,59+/m1/s1. The number of nitrogens with one attached hydrogen (secondary N) is 13. The van der Waals surface area contributed by atoms with Gasteiger partial charge in [0.15, 0.2) is 0 Å². The van der Waals surface area contributed by atoms with E-state index < -0.39 is 143 Å². The number of primary amides is 1. The number of carbonyl (C=O) groups excluding carboxylic acids is 13. The summed E-state index contributed by atoms with van der Waals surface area (Å²) in [4.78, 5) is 179. The fourth-order valence-corrected chi connectivity index (χ4v) is 11.3. The molecule has 0 aliphatic carbocycles. The van der Waals surface area contributed by atoms with Crippen LogP contribution >= 0.6 is 0 Å². The molecule has 0 aliphatic rings. The summed E-state index contributed by atoms with van der Waals surface area (Å²) in [5, 5.41) is 32.1. The monoisotopic (exact) mass is 1450 g/mol. The Hall–Kier alpha value is -8.29. The highest BCUT2D eigenvalue weighted by molar-refractivity contribution is 5.99. The maximum atomic E-state index is 14.4. The smallest absolute Gasteiger partial charge is 0.243 e. The van der Waals surface area contributed by atoms with Crippen LogP contribution in [0.5, 0.6) is 0 Å². The van der Waals surface area contributed by atoms with Gasteiger partial charge in [-0.05, 0) is 170 Å². The number of H-pyrrole nitrogens is 1. The number of aromatic amines is 1. The van der Waals surface area contributed by atoms with Gasteiger partial charge in [-0.3, -0.25) is 62.3 Å². The first-order chi connectivity index (χ1) is 49.1. The van der Waals surface area contributed by atoms with Gasteiger partial charge < -0.3 is 97.5 Å². The normalized spacial score (nSPS) is 14.7. The molecule has 13 amide bonds. The lowest BCUT2D eigenvalue weighted by atomic mass is 10.0. The molecule has 2 aromatic rings. The summed E-state index contributed by atoms with van der Waals surface area (Å²) in [5.74, 6) is -9.31. The van der Waals surface area contributed by atoms with Crippen molar-refractivity contribution in [3.05, 3.63) is 36.0 Å². The SMILES string of the molecule is CCCCCCCCCCCCCCCC(=O)N[C@@H](CCCCN)C(=O)N[C@@H](C)C(=O)N[C@H](C)C(=O)N[C@H](C)C(=O)N[C@@H](CCCCN)C(=O)N[C@@H](Cc1c[nH]c2ccccc12)C(=O)N[C@@H](C)C(=O)N[C@H](C)C(=O)N[C@@H](CCCCN)C(=O)N[C@H](C)C(=O)N[C@@H](C)C(=O)N[C@@H](CCCCN)C(N)=O. The molecular weight excluding hydrogens is 1320 g/mol. The first-order valence-corrected chi connectivity index (χ1v) is 37.4. The van der Waals surface area contributed by atoms with Crippen LogP contribution in [0.25, 0.3) is 10.9 Å². The van der Waals surface area contributed by atoms with Crippen LogP contribution in [0.15, 0.2) is 30.5 Å². The van der Waals surface area contributed by atoms with Crippen molar-refractivity contribution in [2.75, 3.05) is 26.2 Å². The van der Waals surface area contributed by atoms with Crippen molar-refractivity contribution < 1.29 is 62.3 Å². The molecule has 0 radical (unpaired) electrons. The third-order valence-corrected chi connectivity index (χ3v) is 17.9. The van der Waals surface area contributed by atoms with Crippen molar-refractivity contribution in [2.45, 2.75) is 301 Å². The van der Waals surface area contributed by atoms with E-state index in [2.05, 4.69) is 75.7 Å². The van der Waals surface area contributed by atoms with Crippen molar-refractivity contribution in [2.24, 2.45) is 28.7 Å². The maximum absolute atomic E-state index is 14.4. The van der Waals surface area contributed by atoms with Gasteiger partial charge in [0.25, 0.3) is 0 Å². The lowest BCUT2D eigenvalue weighted by Crippen LogP contribution is -2.60. The summed E-state index contributed by atoms with van der Waals surface area (Å²) in [6.45, 7) is 13.2. The Labute approximate surface area is 608 Å². The molecule has 103 heavy (non-hydrogen) atoms. The molecule has 0 aliphatic heterocycles. The highest BCUT2D eigenvalue weighted by Crippen LogP contribution is 2.20. The molecule has 0 bridgehead atoms. The van der Waals surface area contributed by atoms with Gasteiger partial charge in [0, 0.05) is 29.9 Å². The molecule has 0 unspecified atom stereocenters. The van der Waals surface area contributed by atoms with Crippen LogP contribution in [0.1, 0.15) is 228 Å². The summed E-state index contributed by atoms with van der Waals surface area (Å²) in [5.41, 5.74) is 29.6. The highest BCUT2D eigenvalue weighted by atomic mass is 16.2. The van der Waals surface area contributed by atoms with E-state index in [-0.39, 0.29) is 51.1 Å². The van der Waals surface area contributed by atoms with Crippen LogP contribution < -0.4 is 92.5 Å². The molecule has 0 fully saturated rings. The maximum Gasteiger partial charge on any atom is 0.243 e. The molecule has 582 valence electrons. The third-order valence-electron chi connectivity index (χ3n) is 17.9. The number of benzene rings is 1. The number of hydrogen-bond donors (Lipinski definition) is 18. The van der Waals surface area contributed by atoms with Crippen molar-refractivity contribution in [3.63, 3.8) is 0 Å². The van der Waals surface area contributed by atoms with E-state index in [4.69, 9.17) is 28.7 Å². The number of hydrogen-bond acceptors (Lipinski definition) is 17. The second kappa shape index (κ2) is 51.8. The molecule has 31 nitrogen and oxygen atoms in total. The van der Waals surface area contributed by atoms with Crippen LogP contribution in [-0.2, 0) is 68.7 Å². The summed E-state index contributed by atoms with van der Waals surface area (Å²) in [7, 11) is 0. The Morgan fingerprint density at radius 1 is 0.330 bits per heavy atom. The van der Waals surface area contributed by atoms with E-state index in [1.54, 1.807) is 12.3 Å². The summed E-state index contributed by atoms with van der Waals surface area (Å²) < 4.78 is 0. The van der Waals surface area contributed by atoms with Crippen molar-refractivity contribution in [1.29, 1.82) is 0 Å². The number of nitrogens with two attached hydrogens (primary N) is 5. The van der Waals surface area contributed by atoms with Crippen molar-refractivity contribution in [1.82, 2.24) is 68.8 Å². The third kappa shape index (κ3) is 36.6. The zero-order valence-electron chi connectivity index (χ0n) is 62.4. The number of rotatable bonds is 56. The van der Waals surface area contributed by atoms with E-state index >= 15 is 0 Å². The molecule has 1 aromatic carbocycles. The van der Waals surface area contributed by atoms with Gasteiger partial charge in [0.05, 0.1) is 0 Å². The van der Waals surface area contributed by atoms with E-state index in [1.807, 2.05) is 18.2 Å². The average Bonchev–Trinajstić information content (AvgIpc) is 1.71. The molecule has 0 saturated carbocycles. The number of amides is 13. The van der Waals surface area contributed by atoms with Crippen LogP contribution in [0.2, 0.25) is 0 Å². The Balaban J connectivity index is 2.14. The Bertz CT molecular complexity index is 2970. The quantitative estimate of drug-likeness (QED) is 0.0413. The molecule has 1 aromatic heterocycles. The molecule has 12 atom stereocenters. The number of aromatic nitrogens is 1.